The summed E-state index contributed by atoms with van der Waals surface area (Å²) in [7, 11) is 0. The van der Waals surface area contributed by atoms with E-state index in [9.17, 15) is 9.59 Å². The zero-order valence-corrected chi connectivity index (χ0v) is 11.6. The quantitative estimate of drug-likeness (QED) is 0.578. The van der Waals surface area contributed by atoms with Crippen LogP contribution < -0.4 is 5.32 Å². The molecule has 0 atom stereocenters. The molecule has 0 aromatic heterocycles. The molecule has 16 heavy (non-hydrogen) atoms. The average molecular weight is 245 g/mol. The lowest BCUT2D eigenvalue weighted by Gasteiger charge is -2.03. The van der Waals surface area contributed by atoms with Crippen LogP contribution in [0.5, 0.6) is 0 Å². The number of hydrogen-bond acceptors (Lipinski definition) is 3. The van der Waals surface area contributed by atoms with Gasteiger partial charge in [0.2, 0.25) is 5.91 Å². The first kappa shape index (κ1) is 17.6. The zero-order valence-electron chi connectivity index (χ0n) is 10.8. The van der Waals surface area contributed by atoms with Gasteiger partial charge in [0, 0.05) is 12.8 Å². The van der Waals surface area contributed by atoms with E-state index in [1.54, 1.807) is 6.92 Å². The monoisotopic (exact) mass is 245 g/mol. The Hall–Kier alpha value is -0.770. The molecule has 0 fully saturated rings. The first-order chi connectivity index (χ1) is 7.56. The summed E-state index contributed by atoms with van der Waals surface area (Å²) in [5, 5.41) is 2.63. The number of hydrogen-bond donors (Lipinski definition) is 1. The van der Waals surface area contributed by atoms with Gasteiger partial charge in [-0.25, -0.2) is 0 Å². The van der Waals surface area contributed by atoms with Gasteiger partial charge in [0.15, 0.2) is 0 Å². The number of amides is 1. The summed E-state index contributed by atoms with van der Waals surface area (Å²) in [4.78, 5) is 22.3. The maximum absolute atomic E-state index is 11.2. The molecule has 4 heteroatoms. The van der Waals surface area contributed by atoms with E-state index < -0.39 is 0 Å². The molecule has 0 spiro atoms. The summed E-state index contributed by atoms with van der Waals surface area (Å²) in [6.45, 7) is 7.46. The van der Waals surface area contributed by atoms with Gasteiger partial charge in [0.25, 0.3) is 0 Å². The maximum atomic E-state index is 11.2. The molecule has 3 nitrogen and oxygen atoms in total. The largest absolute Gasteiger partial charge is 0.321 e. The summed E-state index contributed by atoms with van der Waals surface area (Å²) in [6.07, 6.45) is 3.23. The lowest BCUT2D eigenvalue weighted by Crippen LogP contribution is -2.27. The van der Waals surface area contributed by atoms with Crippen LogP contribution in [0.1, 0.15) is 59.8 Å². The fourth-order valence-corrected chi connectivity index (χ4v) is 1.08. The van der Waals surface area contributed by atoms with Crippen LogP contribution in [0.25, 0.3) is 0 Å². The number of unbranched alkanes of at least 4 members (excludes halogenated alkanes) is 1. The molecule has 0 rings (SSSR count). The summed E-state index contributed by atoms with van der Waals surface area (Å²) in [6, 6.07) is 0. The third-order valence-corrected chi connectivity index (χ3v) is 2.17. The molecular formula is C12H23NO2S. The number of Topliss-reactive ketones (excluding diaryl/α,β-unsaturated/α-hetero) is 1. The molecule has 0 aliphatic heterocycles. The van der Waals surface area contributed by atoms with Crippen molar-refractivity contribution in [3.63, 3.8) is 0 Å². The highest BCUT2D eigenvalue weighted by Gasteiger charge is 2.02. The third-order valence-electron chi connectivity index (χ3n) is 1.78. The number of thiocarbonyl (C=S) groups is 1. The van der Waals surface area contributed by atoms with E-state index in [1.807, 2.05) is 20.8 Å². The minimum absolute atomic E-state index is 0.0413. The van der Waals surface area contributed by atoms with Crippen molar-refractivity contribution in [2.45, 2.75) is 59.8 Å². The van der Waals surface area contributed by atoms with Crippen LogP contribution in [0, 0.1) is 0 Å². The second kappa shape index (κ2) is 12.3. The molecule has 0 aromatic carbocycles. The van der Waals surface area contributed by atoms with E-state index in [0.29, 0.717) is 24.3 Å². The molecule has 0 radical (unpaired) electrons. The van der Waals surface area contributed by atoms with E-state index in [4.69, 9.17) is 12.2 Å². The van der Waals surface area contributed by atoms with E-state index in [-0.39, 0.29) is 11.7 Å². The van der Waals surface area contributed by atoms with Crippen molar-refractivity contribution in [1.29, 1.82) is 0 Å². The predicted octanol–water partition coefficient (Wildman–Crippen LogP) is 3.02. The van der Waals surface area contributed by atoms with Crippen LogP contribution in [-0.2, 0) is 9.59 Å². The van der Waals surface area contributed by atoms with Crippen molar-refractivity contribution >= 4 is 28.9 Å². The molecule has 1 N–H and O–H groups in total. The Balaban J connectivity index is 0. The molecule has 0 aromatic rings. The van der Waals surface area contributed by atoms with Gasteiger partial charge in [0.05, 0.1) is 4.99 Å². The number of nitrogens with one attached hydrogen (secondary N) is 1. The second-order valence-electron chi connectivity index (χ2n) is 3.23. The van der Waals surface area contributed by atoms with E-state index in [0.717, 1.165) is 12.8 Å². The molecule has 94 valence electrons. The van der Waals surface area contributed by atoms with Gasteiger partial charge in [-0.15, -0.1) is 0 Å². The Morgan fingerprint density at radius 2 is 1.62 bits per heavy atom. The normalized spacial score (nSPS) is 8.75. The van der Waals surface area contributed by atoms with Crippen molar-refractivity contribution in [2.24, 2.45) is 0 Å². The Labute approximate surface area is 104 Å². The van der Waals surface area contributed by atoms with Crippen molar-refractivity contribution < 1.29 is 9.59 Å². The molecule has 0 heterocycles. The average Bonchev–Trinajstić information content (AvgIpc) is 2.26. The lowest BCUT2D eigenvalue weighted by atomic mass is 10.1. The number of carbonyl (C=O) groups is 2. The fraction of sp³-hybridized carbons (Fsp3) is 0.750. The number of carbonyl (C=O) groups excluding carboxylic acids is 2. The highest BCUT2D eigenvalue weighted by atomic mass is 32.1. The predicted molar refractivity (Wildman–Crippen MR) is 71.5 cm³/mol. The smallest absolute Gasteiger partial charge is 0.224 e. The van der Waals surface area contributed by atoms with Crippen LogP contribution in [0.3, 0.4) is 0 Å². The van der Waals surface area contributed by atoms with Gasteiger partial charge in [-0.2, -0.15) is 0 Å². The van der Waals surface area contributed by atoms with Gasteiger partial charge in [0.1, 0.15) is 5.78 Å². The minimum atomic E-state index is -0.0413. The summed E-state index contributed by atoms with van der Waals surface area (Å²) in [5.74, 6) is 0.134. The Morgan fingerprint density at radius 1 is 1.12 bits per heavy atom. The van der Waals surface area contributed by atoms with E-state index in [1.165, 1.54) is 0 Å². The lowest BCUT2D eigenvalue weighted by molar-refractivity contribution is -0.120. The van der Waals surface area contributed by atoms with Crippen molar-refractivity contribution in [1.82, 2.24) is 5.32 Å². The fourth-order valence-electron chi connectivity index (χ4n) is 0.966. The second-order valence-corrected chi connectivity index (χ2v) is 3.73. The van der Waals surface area contributed by atoms with Gasteiger partial charge in [-0.3, -0.25) is 4.79 Å². The van der Waals surface area contributed by atoms with Gasteiger partial charge >= 0.3 is 0 Å². The SMILES string of the molecule is CC.CCC(=S)NC(=O)CCCCC(C)=O. The molecule has 0 unspecified atom stereocenters. The standard InChI is InChI=1S/C10H17NO2S.C2H6/c1-3-10(14)11-9(13)7-5-4-6-8(2)12;1-2/h3-7H2,1-2H3,(H,11,13,14);1-2H3. The molecule has 1 amide bonds. The van der Waals surface area contributed by atoms with Crippen LogP contribution in [0.4, 0.5) is 0 Å². The highest BCUT2D eigenvalue weighted by Crippen LogP contribution is 2.00. The first-order valence-corrected chi connectivity index (χ1v) is 6.29. The third kappa shape index (κ3) is 13.2. The van der Waals surface area contributed by atoms with E-state index in [2.05, 4.69) is 5.32 Å². The first-order valence-electron chi connectivity index (χ1n) is 5.88. The summed E-state index contributed by atoms with van der Waals surface area (Å²) < 4.78 is 0. The minimum Gasteiger partial charge on any atom is -0.321 e. The molecular weight excluding hydrogens is 222 g/mol. The molecule has 0 bridgehead atoms. The summed E-state index contributed by atoms with van der Waals surface area (Å²) >= 11 is 4.87. The zero-order chi connectivity index (χ0) is 13.0. The highest BCUT2D eigenvalue weighted by molar-refractivity contribution is 7.80. The Bertz CT molecular complexity index is 227. The van der Waals surface area contributed by atoms with Gasteiger partial charge in [-0.1, -0.05) is 33.0 Å². The van der Waals surface area contributed by atoms with Crippen molar-refractivity contribution in [2.75, 3.05) is 0 Å². The molecule has 0 saturated heterocycles. The van der Waals surface area contributed by atoms with E-state index >= 15 is 0 Å². The number of ketones is 1. The van der Waals surface area contributed by atoms with Crippen molar-refractivity contribution in [3.05, 3.63) is 0 Å². The van der Waals surface area contributed by atoms with Gasteiger partial charge in [-0.05, 0) is 26.2 Å². The van der Waals surface area contributed by atoms with Crippen LogP contribution >= 0.6 is 12.2 Å². The molecule has 0 saturated carbocycles. The van der Waals surface area contributed by atoms with Crippen LogP contribution in [0.2, 0.25) is 0 Å². The number of rotatable bonds is 6. The van der Waals surface area contributed by atoms with Gasteiger partial charge < -0.3 is 10.1 Å². The topological polar surface area (TPSA) is 46.2 Å². The summed E-state index contributed by atoms with van der Waals surface area (Å²) in [5.41, 5.74) is 0. The Morgan fingerprint density at radius 3 is 2.06 bits per heavy atom. The molecule has 0 aliphatic rings. The van der Waals surface area contributed by atoms with Crippen LogP contribution in [0.15, 0.2) is 0 Å². The van der Waals surface area contributed by atoms with Crippen LogP contribution in [-0.4, -0.2) is 16.7 Å². The van der Waals surface area contributed by atoms with Crippen molar-refractivity contribution in [3.8, 4) is 0 Å². The maximum Gasteiger partial charge on any atom is 0.224 e. The Kier molecular flexibility index (Phi) is 13.5. The molecule has 0 aliphatic carbocycles.